The van der Waals surface area contributed by atoms with E-state index in [1.807, 2.05) is 4.90 Å². The maximum Gasteiger partial charge on any atom is 0.226 e. The van der Waals surface area contributed by atoms with Crippen LogP contribution in [0.2, 0.25) is 0 Å². The van der Waals surface area contributed by atoms with Crippen molar-refractivity contribution in [2.75, 3.05) is 19.6 Å². The summed E-state index contributed by atoms with van der Waals surface area (Å²) in [4.78, 5) is 32.1. The minimum Gasteiger partial charge on any atom is -0.332 e. The molecule has 0 N–H and O–H groups in total. The number of nitrogens with zero attached hydrogens (tertiary/aromatic N) is 4. The Kier molecular flexibility index (Phi) is 6.50. The molecule has 3 heterocycles. The Balaban J connectivity index is 0.00000180. The van der Waals surface area contributed by atoms with E-state index in [9.17, 15) is 9.59 Å². The molecule has 4 fully saturated rings. The van der Waals surface area contributed by atoms with Crippen LogP contribution in [0, 0.1) is 35.0 Å². The maximum atomic E-state index is 14.0. The topological polar surface area (TPSA) is 65.3 Å². The van der Waals surface area contributed by atoms with Crippen LogP contribution in [0.4, 0.5) is 0 Å². The lowest BCUT2D eigenvalue weighted by Gasteiger charge is -2.36. The summed E-state index contributed by atoms with van der Waals surface area (Å²) in [6.07, 6.45) is 9.37. The fourth-order valence-electron chi connectivity index (χ4n) is 6.45. The van der Waals surface area contributed by atoms with Crippen molar-refractivity contribution < 1.29 is 12.4 Å². The van der Waals surface area contributed by atoms with Gasteiger partial charge < -0.3 is 4.90 Å². The van der Waals surface area contributed by atoms with Crippen molar-refractivity contribution in [1.82, 2.24) is 9.80 Å². The molecule has 192 valence electrons. The zero-order valence-corrected chi connectivity index (χ0v) is 21.9. The first-order valence-corrected chi connectivity index (χ1v) is 13.8. The van der Waals surface area contributed by atoms with Gasteiger partial charge in [-0.3, -0.25) is 14.5 Å². The Hall–Kier alpha value is -1.56. The predicted octanol–water partition coefficient (Wildman–Crippen LogP) is 5.59. The van der Waals surface area contributed by atoms with Gasteiger partial charge in [0.05, 0.1) is 17.8 Å². The van der Waals surface area contributed by atoms with E-state index in [-0.39, 0.29) is 38.0 Å². The molecule has 3 aliphatic heterocycles. The molecule has 6 heteroatoms. The number of carbonyl (C=O) groups excluding carboxylic acids is 2. The average molecular weight is 473 g/mol. The molecule has 6 atom stereocenters. The molecule has 6 unspecified atom stereocenters. The van der Waals surface area contributed by atoms with Crippen LogP contribution in [-0.2, 0) is 9.59 Å². The SMILES string of the molecule is CC1CC(C(=O)CC2CN(C3CC3)CC2C)N(C(=O)C(CC2C=C(C3CC3)N=N2)C(C)(C)C)C1.[HH].[HH]. The summed E-state index contributed by atoms with van der Waals surface area (Å²) in [6, 6.07) is 0.505. The van der Waals surface area contributed by atoms with Crippen LogP contribution in [0.15, 0.2) is 22.0 Å². The average Bonchev–Trinajstić information content (AvgIpc) is 3.68. The number of likely N-dealkylation sites (tertiary alicyclic amines) is 2. The van der Waals surface area contributed by atoms with Gasteiger partial charge in [-0.2, -0.15) is 10.2 Å². The second-order valence-electron chi connectivity index (χ2n) is 13.2. The Morgan fingerprint density at radius 2 is 1.85 bits per heavy atom. The molecule has 1 amide bonds. The number of hydrogen-bond donors (Lipinski definition) is 0. The summed E-state index contributed by atoms with van der Waals surface area (Å²) in [5.41, 5.74) is 0.936. The third-order valence-electron chi connectivity index (χ3n) is 8.99. The number of allylic oxidation sites excluding steroid dienone is 1. The maximum absolute atomic E-state index is 14.0. The lowest BCUT2D eigenvalue weighted by Crippen LogP contribution is -2.47. The van der Waals surface area contributed by atoms with E-state index in [4.69, 9.17) is 0 Å². The zero-order valence-electron chi connectivity index (χ0n) is 21.9. The molecule has 0 aromatic carbocycles. The molecular weight excluding hydrogens is 424 g/mol. The van der Waals surface area contributed by atoms with E-state index in [1.54, 1.807) is 0 Å². The van der Waals surface area contributed by atoms with Crippen LogP contribution in [0.3, 0.4) is 0 Å². The van der Waals surface area contributed by atoms with Gasteiger partial charge in [0.15, 0.2) is 5.78 Å². The van der Waals surface area contributed by atoms with Crippen LogP contribution >= 0.6 is 0 Å². The first-order valence-electron chi connectivity index (χ1n) is 13.8. The molecule has 0 aromatic rings. The summed E-state index contributed by atoms with van der Waals surface area (Å²) < 4.78 is 0. The normalized spacial score (nSPS) is 35.1. The number of azo groups is 1. The number of ketones is 1. The van der Waals surface area contributed by atoms with Crippen LogP contribution < -0.4 is 0 Å². The first kappa shape index (κ1) is 24.1. The van der Waals surface area contributed by atoms with Gasteiger partial charge >= 0.3 is 0 Å². The highest BCUT2D eigenvalue weighted by Crippen LogP contribution is 2.42. The third-order valence-corrected chi connectivity index (χ3v) is 8.99. The predicted molar refractivity (Wildman–Crippen MR) is 137 cm³/mol. The smallest absolute Gasteiger partial charge is 0.226 e. The van der Waals surface area contributed by atoms with E-state index in [0.29, 0.717) is 43.1 Å². The summed E-state index contributed by atoms with van der Waals surface area (Å²) in [6.45, 7) is 13.8. The van der Waals surface area contributed by atoms with Crippen molar-refractivity contribution in [1.29, 1.82) is 0 Å². The molecule has 6 nitrogen and oxygen atoms in total. The zero-order chi connectivity index (χ0) is 24.2. The summed E-state index contributed by atoms with van der Waals surface area (Å²) in [5.74, 6) is 2.23. The van der Waals surface area contributed by atoms with Gasteiger partial charge in [-0.05, 0) is 67.8 Å². The molecule has 0 radical (unpaired) electrons. The molecule has 34 heavy (non-hydrogen) atoms. The first-order chi connectivity index (χ1) is 16.1. The fourth-order valence-corrected chi connectivity index (χ4v) is 6.45. The number of amides is 1. The van der Waals surface area contributed by atoms with E-state index in [2.05, 4.69) is 55.8 Å². The standard InChI is InChI=1S/C28H44N4O2.2H2/c1-17-10-25(26(33)11-20-16-31(15-18(20)2)22-8-9-22)32(14-17)27(34)23(28(3,4)5)12-21-13-24(30-29-21)19-6-7-19;;/h13,17-23,25H,6-12,14-16H2,1-5H3;2*1H. The lowest BCUT2D eigenvalue weighted by molar-refractivity contribution is -0.144. The minimum atomic E-state index is -0.253. The van der Waals surface area contributed by atoms with Crippen LogP contribution in [-0.4, -0.2) is 59.3 Å². The molecule has 0 aromatic heterocycles. The second-order valence-corrected chi connectivity index (χ2v) is 13.2. The Bertz CT molecular complexity index is 877. The van der Waals surface area contributed by atoms with E-state index >= 15 is 0 Å². The highest BCUT2D eigenvalue weighted by atomic mass is 16.2. The number of carbonyl (C=O) groups is 2. The van der Waals surface area contributed by atoms with Crippen molar-refractivity contribution in [3.05, 3.63) is 11.8 Å². The number of Topliss-reactive ketones (excluding diaryl/α,β-unsaturated/α-hetero) is 1. The fraction of sp³-hybridized carbons (Fsp3) is 0.857. The molecule has 2 saturated carbocycles. The number of hydrogen-bond acceptors (Lipinski definition) is 5. The van der Waals surface area contributed by atoms with Crippen LogP contribution in [0.5, 0.6) is 0 Å². The largest absolute Gasteiger partial charge is 0.332 e. The highest BCUT2D eigenvalue weighted by molar-refractivity contribution is 5.91. The Morgan fingerprint density at radius 1 is 1.12 bits per heavy atom. The molecular formula is C28H48N4O2. The lowest BCUT2D eigenvalue weighted by atomic mass is 9.76. The molecule has 5 aliphatic rings. The summed E-state index contributed by atoms with van der Waals surface area (Å²) in [7, 11) is 0. The molecule has 0 bridgehead atoms. The molecule has 2 aliphatic carbocycles. The van der Waals surface area contributed by atoms with E-state index in [1.165, 1.54) is 25.7 Å². The Morgan fingerprint density at radius 3 is 2.50 bits per heavy atom. The van der Waals surface area contributed by atoms with Gasteiger partial charge in [0.25, 0.3) is 0 Å². The Labute approximate surface area is 208 Å². The highest BCUT2D eigenvalue weighted by Gasteiger charge is 2.45. The summed E-state index contributed by atoms with van der Waals surface area (Å²) >= 11 is 0. The monoisotopic (exact) mass is 472 g/mol. The van der Waals surface area contributed by atoms with Crippen molar-refractivity contribution in [2.45, 2.75) is 97.7 Å². The van der Waals surface area contributed by atoms with Gasteiger partial charge in [-0.1, -0.05) is 34.6 Å². The number of rotatable bonds is 8. The molecule has 0 spiro atoms. The quantitative estimate of drug-likeness (QED) is 0.463. The van der Waals surface area contributed by atoms with E-state index < -0.39 is 0 Å². The molecule has 5 rings (SSSR count). The minimum absolute atomic E-state index is 0. The molecule has 2 saturated heterocycles. The van der Waals surface area contributed by atoms with Crippen LogP contribution in [0.25, 0.3) is 0 Å². The van der Waals surface area contributed by atoms with Crippen molar-refractivity contribution in [2.24, 2.45) is 45.2 Å². The van der Waals surface area contributed by atoms with E-state index in [0.717, 1.165) is 31.2 Å². The third kappa shape index (κ3) is 5.17. The van der Waals surface area contributed by atoms with Crippen molar-refractivity contribution >= 4 is 11.7 Å². The van der Waals surface area contributed by atoms with Gasteiger partial charge in [-0.25, -0.2) is 0 Å². The van der Waals surface area contributed by atoms with Gasteiger partial charge in [0.2, 0.25) is 5.91 Å². The second kappa shape index (κ2) is 9.15. The van der Waals surface area contributed by atoms with Crippen molar-refractivity contribution in [3.8, 4) is 0 Å². The van der Waals surface area contributed by atoms with Crippen LogP contribution in [0.1, 0.15) is 82.4 Å². The summed E-state index contributed by atoms with van der Waals surface area (Å²) in [5, 5.41) is 8.92. The van der Waals surface area contributed by atoms with Gasteiger partial charge in [-0.15, -0.1) is 0 Å². The van der Waals surface area contributed by atoms with Gasteiger partial charge in [0.1, 0.15) is 0 Å². The van der Waals surface area contributed by atoms with Crippen molar-refractivity contribution in [3.63, 3.8) is 0 Å². The van der Waals surface area contributed by atoms with Gasteiger partial charge in [0, 0.05) is 46.8 Å².